The second-order valence-corrected chi connectivity index (χ2v) is 7.08. The van der Waals surface area contributed by atoms with Crippen LogP contribution in [0.4, 0.5) is 0 Å². The van der Waals surface area contributed by atoms with Crippen molar-refractivity contribution in [1.29, 1.82) is 0 Å². The van der Waals surface area contributed by atoms with Gasteiger partial charge in [0.05, 0.1) is 5.69 Å². The molecule has 0 radical (unpaired) electrons. The molecule has 0 saturated heterocycles. The minimum Gasteiger partial charge on any atom is -0.352 e. The van der Waals surface area contributed by atoms with Crippen LogP contribution in [0.5, 0.6) is 0 Å². The maximum Gasteiger partial charge on any atom is 0.277 e. The zero-order valence-electron chi connectivity index (χ0n) is 14.2. The number of rotatable bonds is 4. The van der Waals surface area contributed by atoms with Crippen LogP contribution in [0.15, 0.2) is 47.5 Å². The normalized spacial score (nSPS) is 14.8. The summed E-state index contributed by atoms with van der Waals surface area (Å²) in [5, 5.41) is 8.09. The Balaban J connectivity index is 1.59. The molecule has 1 aliphatic rings. The van der Waals surface area contributed by atoms with Crippen LogP contribution in [0, 0.1) is 0 Å². The van der Waals surface area contributed by atoms with Crippen LogP contribution in [0.3, 0.4) is 0 Å². The predicted octanol–water partition coefficient (Wildman–Crippen LogP) is 2.88. The summed E-state index contributed by atoms with van der Waals surface area (Å²) in [6, 6.07) is 9.26. The monoisotopic (exact) mass is 370 g/mol. The molecule has 3 aromatic rings. The number of fused-ring (bicyclic) bond motifs is 1. The van der Waals surface area contributed by atoms with Gasteiger partial charge in [0, 0.05) is 29.0 Å². The van der Waals surface area contributed by atoms with Gasteiger partial charge in [0.1, 0.15) is 12.1 Å². The minimum absolute atomic E-state index is 0.0211. The Hall–Kier alpha value is -2.60. The van der Waals surface area contributed by atoms with Crippen molar-refractivity contribution in [3.8, 4) is 11.3 Å². The molecule has 1 fully saturated rings. The van der Waals surface area contributed by atoms with Gasteiger partial charge in [-0.05, 0) is 31.0 Å². The smallest absolute Gasteiger partial charge is 0.277 e. The maximum absolute atomic E-state index is 12.7. The first-order chi connectivity index (χ1) is 12.6. The number of hydrogen-bond donors (Lipinski definition) is 1. The summed E-state index contributed by atoms with van der Waals surface area (Å²) in [6.07, 6.45) is 7.64. The first-order valence-electron chi connectivity index (χ1n) is 8.74. The van der Waals surface area contributed by atoms with E-state index in [0.29, 0.717) is 16.2 Å². The number of halogens is 1. The molecule has 0 spiro atoms. The SMILES string of the molecule is O=C(Cn1ccn2nc(-c3ccc(Cl)cc3)cc2c1=O)NC1CCCC1. The van der Waals surface area contributed by atoms with Gasteiger partial charge in [-0.2, -0.15) is 5.10 Å². The highest BCUT2D eigenvalue weighted by Crippen LogP contribution is 2.21. The van der Waals surface area contributed by atoms with Crippen LogP contribution in [0.1, 0.15) is 25.7 Å². The van der Waals surface area contributed by atoms with Crippen molar-refractivity contribution in [3.05, 3.63) is 58.1 Å². The third kappa shape index (κ3) is 3.37. The standard InChI is InChI=1S/C19H19ClN4O2/c20-14-7-5-13(6-8-14)16-11-17-19(26)23(9-10-24(17)22-16)12-18(25)21-15-3-1-2-4-15/h5-11,15H,1-4,12H2,(H,21,25). The molecule has 6 nitrogen and oxygen atoms in total. The van der Waals surface area contributed by atoms with Gasteiger partial charge >= 0.3 is 0 Å². The average Bonchev–Trinajstić information content (AvgIpc) is 3.28. The van der Waals surface area contributed by atoms with E-state index in [-0.39, 0.29) is 24.1 Å². The molecule has 1 aromatic carbocycles. The molecule has 0 unspecified atom stereocenters. The lowest BCUT2D eigenvalue weighted by Gasteiger charge is -2.12. The highest BCUT2D eigenvalue weighted by atomic mass is 35.5. The fourth-order valence-corrected chi connectivity index (χ4v) is 3.54. The van der Waals surface area contributed by atoms with Crippen molar-refractivity contribution < 1.29 is 4.79 Å². The number of aromatic nitrogens is 3. The van der Waals surface area contributed by atoms with E-state index >= 15 is 0 Å². The van der Waals surface area contributed by atoms with E-state index in [2.05, 4.69) is 10.4 Å². The highest BCUT2D eigenvalue weighted by molar-refractivity contribution is 6.30. The van der Waals surface area contributed by atoms with Gasteiger partial charge in [-0.1, -0.05) is 36.6 Å². The molecule has 0 aliphatic heterocycles. The lowest BCUT2D eigenvalue weighted by molar-refractivity contribution is -0.122. The van der Waals surface area contributed by atoms with Crippen LogP contribution >= 0.6 is 11.6 Å². The zero-order valence-corrected chi connectivity index (χ0v) is 14.9. The van der Waals surface area contributed by atoms with Gasteiger partial charge in [0.15, 0.2) is 0 Å². The number of amides is 1. The molecule has 0 bridgehead atoms. The van der Waals surface area contributed by atoms with Crippen molar-refractivity contribution in [3.63, 3.8) is 0 Å². The molecule has 2 aromatic heterocycles. The summed E-state index contributed by atoms with van der Waals surface area (Å²) in [5.41, 5.74) is 1.77. The maximum atomic E-state index is 12.7. The second kappa shape index (κ2) is 6.96. The summed E-state index contributed by atoms with van der Waals surface area (Å²) < 4.78 is 2.96. The fourth-order valence-electron chi connectivity index (χ4n) is 3.41. The molecule has 1 saturated carbocycles. The number of nitrogens with one attached hydrogen (secondary N) is 1. The fraction of sp³-hybridized carbons (Fsp3) is 0.316. The summed E-state index contributed by atoms with van der Waals surface area (Å²) in [7, 11) is 0. The Kier molecular flexibility index (Phi) is 4.51. The van der Waals surface area contributed by atoms with E-state index < -0.39 is 0 Å². The Labute approximate surface area is 155 Å². The van der Waals surface area contributed by atoms with E-state index in [4.69, 9.17) is 11.6 Å². The molecule has 1 N–H and O–H groups in total. The summed E-state index contributed by atoms with van der Waals surface area (Å²) >= 11 is 5.92. The molecule has 4 rings (SSSR count). The van der Waals surface area contributed by atoms with Gasteiger partial charge in [-0.15, -0.1) is 0 Å². The number of carbonyl (C=O) groups is 1. The molecule has 0 atom stereocenters. The number of hydrogen-bond acceptors (Lipinski definition) is 3. The summed E-state index contributed by atoms with van der Waals surface area (Å²) in [6.45, 7) is 0.0211. The van der Waals surface area contributed by atoms with Crippen LogP contribution in [-0.4, -0.2) is 26.1 Å². The van der Waals surface area contributed by atoms with E-state index in [9.17, 15) is 9.59 Å². The van der Waals surface area contributed by atoms with Crippen molar-refractivity contribution in [2.24, 2.45) is 0 Å². The Morgan fingerprint density at radius 2 is 1.92 bits per heavy atom. The molecule has 1 aliphatic carbocycles. The van der Waals surface area contributed by atoms with Crippen molar-refractivity contribution in [2.75, 3.05) is 0 Å². The predicted molar refractivity (Wildman–Crippen MR) is 100 cm³/mol. The van der Waals surface area contributed by atoms with Crippen LogP contribution < -0.4 is 10.9 Å². The molecular weight excluding hydrogens is 352 g/mol. The lowest BCUT2D eigenvalue weighted by atomic mass is 10.1. The third-order valence-electron chi connectivity index (χ3n) is 4.78. The van der Waals surface area contributed by atoms with Crippen LogP contribution in [0.2, 0.25) is 5.02 Å². The van der Waals surface area contributed by atoms with Gasteiger partial charge in [0.25, 0.3) is 5.56 Å². The Morgan fingerprint density at radius 1 is 1.19 bits per heavy atom. The lowest BCUT2D eigenvalue weighted by Crippen LogP contribution is -2.37. The van der Waals surface area contributed by atoms with Crippen LogP contribution in [-0.2, 0) is 11.3 Å². The van der Waals surface area contributed by atoms with E-state index in [1.165, 1.54) is 9.08 Å². The molecular formula is C19H19ClN4O2. The summed E-state index contributed by atoms with van der Waals surface area (Å²) in [4.78, 5) is 24.9. The van der Waals surface area contributed by atoms with E-state index in [1.807, 2.05) is 12.1 Å². The third-order valence-corrected chi connectivity index (χ3v) is 5.03. The van der Waals surface area contributed by atoms with Gasteiger partial charge in [0.2, 0.25) is 5.91 Å². The van der Waals surface area contributed by atoms with Gasteiger partial charge in [-0.25, -0.2) is 4.52 Å². The van der Waals surface area contributed by atoms with E-state index in [1.54, 1.807) is 30.6 Å². The molecule has 134 valence electrons. The minimum atomic E-state index is -0.234. The molecule has 1 amide bonds. The van der Waals surface area contributed by atoms with Gasteiger partial charge in [-0.3, -0.25) is 9.59 Å². The number of carbonyl (C=O) groups excluding carboxylic acids is 1. The number of nitrogens with zero attached hydrogens (tertiary/aromatic N) is 3. The average molecular weight is 371 g/mol. The van der Waals surface area contributed by atoms with Crippen molar-refractivity contribution in [1.82, 2.24) is 19.5 Å². The van der Waals surface area contributed by atoms with Crippen LogP contribution in [0.25, 0.3) is 16.8 Å². The summed E-state index contributed by atoms with van der Waals surface area (Å²) in [5.74, 6) is -0.124. The molecule has 26 heavy (non-hydrogen) atoms. The Morgan fingerprint density at radius 3 is 2.65 bits per heavy atom. The second-order valence-electron chi connectivity index (χ2n) is 6.65. The topological polar surface area (TPSA) is 68.4 Å². The van der Waals surface area contributed by atoms with Crippen molar-refractivity contribution >= 4 is 23.0 Å². The van der Waals surface area contributed by atoms with E-state index in [0.717, 1.165) is 31.2 Å². The zero-order chi connectivity index (χ0) is 18.1. The Bertz CT molecular complexity index is 1000. The first kappa shape index (κ1) is 16.8. The molecule has 7 heteroatoms. The van der Waals surface area contributed by atoms with Gasteiger partial charge < -0.3 is 9.88 Å². The molecule has 2 heterocycles. The number of benzene rings is 1. The van der Waals surface area contributed by atoms with Crippen molar-refractivity contribution in [2.45, 2.75) is 38.3 Å². The quantitative estimate of drug-likeness (QED) is 0.767. The largest absolute Gasteiger partial charge is 0.352 e. The first-order valence-corrected chi connectivity index (χ1v) is 9.12. The highest BCUT2D eigenvalue weighted by Gasteiger charge is 2.18.